The zero-order chi connectivity index (χ0) is 15.5. The molecule has 1 unspecified atom stereocenters. The van der Waals surface area contributed by atoms with E-state index in [-0.39, 0.29) is 23.9 Å². The lowest BCUT2D eigenvalue weighted by Crippen LogP contribution is -2.28. The summed E-state index contributed by atoms with van der Waals surface area (Å²) in [6.07, 6.45) is -0.207. The maximum atomic E-state index is 12.4. The summed E-state index contributed by atoms with van der Waals surface area (Å²) in [4.78, 5) is 14.5. The highest BCUT2D eigenvalue weighted by Crippen LogP contribution is 2.46. The standard InChI is InChI=1S/C19H21NO2/c1-20(2)13-16-17(14-9-5-3-6-10-14)18(22-19(16)21)15-11-7-4-8-12-15/h3-12,16-18H,13H2,1-2H3/t16?,17-,18+/m0/s1. The molecule has 0 bridgehead atoms. The van der Waals surface area contributed by atoms with Crippen LogP contribution in [0.1, 0.15) is 23.1 Å². The van der Waals surface area contributed by atoms with Crippen molar-refractivity contribution in [2.75, 3.05) is 20.6 Å². The number of nitrogens with zero attached hydrogens (tertiary/aromatic N) is 1. The SMILES string of the molecule is CN(C)CC1C(=O)O[C@H](c2ccccc2)[C@H]1c1ccccc1. The van der Waals surface area contributed by atoms with Gasteiger partial charge in [0.05, 0.1) is 5.92 Å². The van der Waals surface area contributed by atoms with Gasteiger partial charge in [-0.05, 0) is 25.2 Å². The minimum Gasteiger partial charge on any atom is -0.457 e. The van der Waals surface area contributed by atoms with Crippen molar-refractivity contribution in [3.8, 4) is 0 Å². The molecule has 1 aliphatic rings. The van der Waals surface area contributed by atoms with Crippen LogP contribution in [-0.2, 0) is 9.53 Å². The lowest BCUT2D eigenvalue weighted by molar-refractivity contribution is -0.144. The number of benzene rings is 2. The van der Waals surface area contributed by atoms with E-state index in [0.29, 0.717) is 6.54 Å². The van der Waals surface area contributed by atoms with E-state index in [9.17, 15) is 4.79 Å². The fourth-order valence-electron chi connectivity index (χ4n) is 3.23. The molecule has 2 aromatic carbocycles. The van der Waals surface area contributed by atoms with Crippen LogP contribution in [0.4, 0.5) is 0 Å². The highest BCUT2D eigenvalue weighted by molar-refractivity contribution is 5.77. The Kier molecular flexibility index (Phi) is 4.25. The average molecular weight is 295 g/mol. The van der Waals surface area contributed by atoms with E-state index in [1.165, 1.54) is 0 Å². The molecular weight excluding hydrogens is 274 g/mol. The number of hydrogen-bond donors (Lipinski definition) is 0. The van der Waals surface area contributed by atoms with Gasteiger partial charge >= 0.3 is 5.97 Å². The molecule has 0 aromatic heterocycles. The summed E-state index contributed by atoms with van der Waals surface area (Å²) in [6.45, 7) is 0.696. The van der Waals surface area contributed by atoms with Gasteiger partial charge in [0.1, 0.15) is 6.10 Å². The molecule has 1 fully saturated rings. The molecule has 0 amide bonds. The van der Waals surface area contributed by atoms with E-state index in [1.54, 1.807) is 0 Å². The first kappa shape index (κ1) is 14.8. The zero-order valence-corrected chi connectivity index (χ0v) is 13.0. The Bertz CT molecular complexity index is 624. The van der Waals surface area contributed by atoms with Crippen LogP contribution in [0.25, 0.3) is 0 Å². The summed E-state index contributed by atoms with van der Waals surface area (Å²) in [5.41, 5.74) is 2.22. The van der Waals surface area contributed by atoms with Crippen molar-refractivity contribution in [2.45, 2.75) is 12.0 Å². The van der Waals surface area contributed by atoms with Crippen molar-refractivity contribution in [1.29, 1.82) is 0 Å². The first-order valence-electron chi connectivity index (χ1n) is 7.62. The summed E-state index contributed by atoms with van der Waals surface area (Å²) >= 11 is 0. The summed E-state index contributed by atoms with van der Waals surface area (Å²) < 4.78 is 5.76. The second kappa shape index (κ2) is 6.32. The molecule has 3 rings (SSSR count). The smallest absolute Gasteiger partial charge is 0.311 e. The van der Waals surface area contributed by atoms with Crippen LogP contribution in [0.2, 0.25) is 0 Å². The van der Waals surface area contributed by atoms with Crippen LogP contribution >= 0.6 is 0 Å². The van der Waals surface area contributed by atoms with Crippen LogP contribution in [-0.4, -0.2) is 31.5 Å². The second-order valence-corrected chi connectivity index (χ2v) is 6.07. The van der Waals surface area contributed by atoms with Crippen LogP contribution in [0.5, 0.6) is 0 Å². The summed E-state index contributed by atoms with van der Waals surface area (Å²) in [5, 5.41) is 0. The molecule has 0 aliphatic carbocycles. The van der Waals surface area contributed by atoms with E-state index in [1.807, 2.05) is 62.6 Å². The van der Waals surface area contributed by atoms with Crippen molar-refractivity contribution in [2.24, 2.45) is 5.92 Å². The minimum absolute atomic E-state index is 0.0542. The molecule has 0 saturated carbocycles. The van der Waals surface area contributed by atoms with Gasteiger partial charge in [-0.15, -0.1) is 0 Å². The number of cyclic esters (lactones) is 1. The summed E-state index contributed by atoms with van der Waals surface area (Å²) in [6, 6.07) is 20.2. The summed E-state index contributed by atoms with van der Waals surface area (Å²) in [5.74, 6) is -0.183. The normalized spacial score (nSPS) is 24.5. The second-order valence-electron chi connectivity index (χ2n) is 6.07. The molecule has 3 atom stereocenters. The van der Waals surface area contributed by atoms with Gasteiger partial charge < -0.3 is 9.64 Å². The van der Waals surface area contributed by atoms with Crippen LogP contribution in [0.15, 0.2) is 60.7 Å². The fourth-order valence-corrected chi connectivity index (χ4v) is 3.23. The van der Waals surface area contributed by atoms with E-state index >= 15 is 0 Å². The van der Waals surface area contributed by atoms with Crippen molar-refractivity contribution < 1.29 is 9.53 Å². The molecule has 2 aromatic rings. The summed E-state index contributed by atoms with van der Waals surface area (Å²) in [7, 11) is 3.98. The maximum absolute atomic E-state index is 12.4. The number of ether oxygens (including phenoxy) is 1. The van der Waals surface area contributed by atoms with E-state index < -0.39 is 0 Å². The van der Waals surface area contributed by atoms with Gasteiger partial charge in [0.15, 0.2) is 0 Å². The molecule has 0 N–H and O–H groups in total. The molecule has 0 spiro atoms. The highest BCUT2D eigenvalue weighted by Gasteiger charge is 2.46. The molecule has 114 valence electrons. The minimum atomic E-state index is -0.207. The molecule has 1 saturated heterocycles. The van der Waals surface area contributed by atoms with Gasteiger partial charge in [-0.25, -0.2) is 0 Å². The average Bonchev–Trinajstić information content (AvgIpc) is 2.85. The van der Waals surface area contributed by atoms with E-state index in [2.05, 4.69) is 17.0 Å². The third-order valence-corrected chi connectivity index (χ3v) is 4.18. The van der Waals surface area contributed by atoms with Crippen molar-refractivity contribution in [3.05, 3.63) is 71.8 Å². The molecular formula is C19H21NO2. The Balaban J connectivity index is 2.00. The van der Waals surface area contributed by atoms with Gasteiger partial charge in [0.25, 0.3) is 0 Å². The van der Waals surface area contributed by atoms with Crippen LogP contribution in [0.3, 0.4) is 0 Å². The van der Waals surface area contributed by atoms with Gasteiger partial charge in [-0.2, -0.15) is 0 Å². The first-order chi connectivity index (χ1) is 10.7. The number of rotatable bonds is 4. The van der Waals surface area contributed by atoms with Gasteiger partial charge in [0, 0.05) is 12.5 Å². The number of carbonyl (C=O) groups excluding carboxylic acids is 1. The topological polar surface area (TPSA) is 29.5 Å². The maximum Gasteiger partial charge on any atom is 0.311 e. The Hall–Kier alpha value is -2.13. The monoisotopic (exact) mass is 295 g/mol. The van der Waals surface area contributed by atoms with E-state index in [4.69, 9.17) is 4.74 Å². The van der Waals surface area contributed by atoms with E-state index in [0.717, 1.165) is 11.1 Å². The van der Waals surface area contributed by atoms with Crippen LogP contribution in [0, 0.1) is 5.92 Å². The first-order valence-corrected chi connectivity index (χ1v) is 7.62. The van der Waals surface area contributed by atoms with Crippen molar-refractivity contribution >= 4 is 5.97 Å². The molecule has 1 heterocycles. The molecule has 1 aliphatic heterocycles. The Morgan fingerprint density at radius 3 is 2.00 bits per heavy atom. The number of hydrogen-bond acceptors (Lipinski definition) is 3. The Labute approximate surface area is 131 Å². The van der Waals surface area contributed by atoms with Crippen molar-refractivity contribution in [3.63, 3.8) is 0 Å². The molecule has 3 heteroatoms. The number of carbonyl (C=O) groups is 1. The lowest BCUT2D eigenvalue weighted by atomic mass is 9.81. The predicted octanol–water partition coefficient (Wildman–Crippen LogP) is 3.25. The lowest BCUT2D eigenvalue weighted by Gasteiger charge is -2.23. The Morgan fingerprint density at radius 1 is 0.909 bits per heavy atom. The number of esters is 1. The van der Waals surface area contributed by atoms with Crippen molar-refractivity contribution in [1.82, 2.24) is 4.90 Å². The highest BCUT2D eigenvalue weighted by atomic mass is 16.6. The van der Waals surface area contributed by atoms with Gasteiger partial charge in [-0.1, -0.05) is 60.7 Å². The molecule has 22 heavy (non-hydrogen) atoms. The third-order valence-electron chi connectivity index (χ3n) is 4.18. The molecule has 3 nitrogen and oxygen atoms in total. The quantitative estimate of drug-likeness (QED) is 0.811. The predicted molar refractivity (Wildman–Crippen MR) is 86.5 cm³/mol. The van der Waals surface area contributed by atoms with Gasteiger partial charge in [0.2, 0.25) is 0 Å². The Morgan fingerprint density at radius 2 is 1.45 bits per heavy atom. The fraction of sp³-hybridized carbons (Fsp3) is 0.316. The molecule has 0 radical (unpaired) electrons. The van der Waals surface area contributed by atoms with Crippen LogP contribution < -0.4 is 0 Å². The largest absolute Gasteiger partial charge is 0.457 e. The third kappa shape index (κ3) is 2.90. The zero-order valence-electron chi connectivity index (χ0n) is 13.0. The van der Waals surface area contributed by atoms with Gasteiger partial charge in [-0.3, -0.25) is 4.79 Å².